The summed E-state index contributed by atoms with van der Waals surface area (Å²) in [5.41, 5.74) is 1.95. The predicted molar refractivity (Wildman–Crippen MR) is 87.6 cm³/mol. The van der Waals surface area contributed by atoms with E-state index in [2.05, 4.69) is 5.32 Å². The molecule has 0 radical (unpaired) electrons. The van der Waals surface area contributed by atoms with E-state index in [0.717, 1.165) is 17.0 Å². The van der Waals surface area contributed by atoms with E-state index in [-0.39, 0.29) is 0 Å². The number of benzene rings is 2. The minimum Gasteiger partial charge on any atom is -0.491 e. The maximum absolute atomic E-state index is 6.15. The summed E-state index contributed by atoms with van der Waals surface area (Å²) in [5.74, 6) is 0.818. The molecule has 0 fully saturated rings. The smallest absolute Gasteiger partial charge is 0.119 e. The lowest BCUT2D eigenvalue weighted by atomic mass is 10.2. The highest BCUT2D eigenvalue weighted by Crippen LogP contribution is 2.26. The van der Waals surface area contributed by atoms with Gasteiger partial charge in [-0.2, -0.15) is 0 Å². The second-order valence-electron chi connectivity index (χ2n) is 4.43. The number of hydrogen-bond donors (Lipinski definition) is 1. The predicted octanol–water partition coefficient (Wildman–Crippen LogP) is 4.63. The molecule has 0 spiro atoms. The number of hydrogen-bond acceptors (Lipinski definition) is 3. The van der Waals surface area contributed by atoms with Crippen molar-refractivity contribution in [2.75, 3.05) is 25.6 Å². The Labute approximate surface area is 134 Å². The Hall–Kier alpha value is -1.42. The fourth-order valence-corrected chi connectivity index (χ4v) is 2.18. The zero-order chi connectivity index (χ0) is 15.1. The van der Waals surface area contributed by atoms with Crippen LogP contribution >= 0.6 is 23.2 Å². The molecule has 2 aromatic carbocycles. The molecular formula is C16H17Cl2NO2. The second-order valence-corrected chi connectivity index (χ2v) is 5.22. The van der Waals surface area contributed by atoms with Crippen molar-refractivity contribution < 1.29 is 9.47 Å². The van der Waals surface area contributed by atoms with E-state index < -0.39 is 0 Å². The van der Waals surface area contributed by atoms with Gasteiger partial charge in [0.25, 0.3) is 0 Å². The molecule has 112 valence electrons. The van der Waals surface area contributed by atoms with Gasteiger partial charge in [0, 0.05) is 19.3 Å². The minimum atomic E-state index is 0.543. The molecule has 0 saturated carbocycles. The van der Waals surface area contributed by atoms with Gasteiger partial charge in [-0.3, -0.25) is 0 Å². The summed E-state index contributed by atoms with van der Waals surface area (Å²) in [7, 11) is 1.65. The van der Waals surface area contributed by atoms with Crippen molar-refractivity contribution in [2.24, 2.45) is 0 Å². The van der Waals surface area contributed by atoms with E-state index in [1.807, 2.05) is 36.4 Å². The van der Waals surface area contributed by atoms with Crippen molar-refractivity contribution in [2.45, 2.75) is 6.54 Å². The van der Waals surface area contributed by atoms with Gasteiger partial charge in [0.15, 0.2) is 0 Å². The molecule has 0 aliphatic rings. The van der Waals surface area contributed by atoms with Crippen molar-refractivity contribution in [1.82, 2.24) is 0 Å². The Balaban J connectivity index is 1.90. The molecule has 0 atom stereocenters. The van der Waals surface area contributed by atoms with Crippen LogP contribution < -0.4 is 10.1 Å². The number of rotatable bonds is 7. The van der Waals surface area contributed by atoms with Crippen LogP contribution in [0.1, 0.15) is 5.56 Å². The first-order chi connectivity index (χ1) is 10.2. The van der Waals surface area contributed by atoms with Crippen LogP contribution in [0.15, 0.2) is 42.5 Å². The first-order valence-electron chi connectivity index (χ1n) is 6.59. The van der Waals surface area contributed by atoms with Crippen LogP contribution in [-0.4, -0.2) is 20.3 Å². The first-order valence-corrected chi connectivity index (χ1v) is 7.35. The number of ether oxygens (including phenoxy) is 2. The van der Waals surface area contributed by atoms with E-state index >= 15 is 0 Å². The van der Waals surface area contributed by atoms with Crippen molar-refractivity contribution in [1.29, 1.82) is 0 Å². The van der Waals surface area contributed by atoms with E-state index in [4.69, 9.17) is 32.7 Å². The molecule has 2 rings (SSSR count). The monoisotopic (exact) mass is 325 g/mol. The highest BCUT2D eigenvalue weighted by Gasteiger charge is 2.04. The van der Waals surface area contributed by atoms with Crippen LogP contribution in [0.25, 0.3) is 0 Å². The molecule has 0 aliphatic heterocycles. The van der Waals surface area contributed by atoms with Gasteiger partial charge >= 0.3 is 0 Å². The SMILES string of the molecule is COCCOc1ccc(NCc2cccc(Cl)c2Cl)cc1. The molecule has 21 heavy (non-hydrogen) atoms. The van der Waals surface area contributed by atoms with Crippen molar-refractivity contribution >= 4 is 28.9 Å². The summed E-state index contributed by atoms with van der Waals surface area (Å²) in [4.78, 5) is 0. The van der Waals surface area contributed by atoms with Crippen LogP contribution in [-0.2, 0) is 11.3 Å². The number of anilines is 1. The number of nitrogens with one attached hydrogen (secondary N) is 1. The maximum atomic E-state index is 6.15. The summed E-state index contributed by atoms with van der Waals surface area (Å²) in [5, 5.41) is 4.46. The third-order valence-corrected chi connectivity index (χ3v) is 3.78. The third kappa shape index (κ3) is 4.81. The van der Waals surface area contributed by atoms with Crippen molar-refractivity contribution in [3.05, 3.63) is 58.1 Å². The molecule has 0 amide bonds. The molecule has 0 aromatic heterocycles. The molecule has 2 aromatic rings. The minimum absolute atomic E-state index is 0.543. The van der Waals surface area contributed by atoms with E-state index in [0.29, 0.717) is 29.8 Å². The standard InChI is InChI=1S/C16H17Cl2NO2/c1-20-9-10-21-14-7-5-13(6-8-14)19-11-12-3-2-4-15(17)16(12)18/h2-8,19H,9-11H2,1H3. The van der Waals surface area contributed by atoms with E-state index in [1.165, 1.54) is 0 Å². The van der Waals surface area contributed by atoms with Crippen LogP contribution in [0, 0.1) is 0 Å². The molecular weight excluding hydrogens is 309 g/mol. The Kier molecular flexibility index (Phi) is 6.18. The van der Waals surface area contributed by atoms with E-state index in [1.54, 1.807) is 13.2 Å². The van der Waals surface area contributed by atoms with Crippen LogP contribution in [0.4, 0.5) is 5.69 Å². The van der Waals surface area contributed by atoms with Crippen LogP contribution in [0.5, 0.6) is 5.75 Å². The lowest BCUT2D eigenvalue weighted by molar-refractivity contribution is 0.146. The summed E-state index contributed by atoms with van der Waals surface area (Å²) < 4.78 is 10.4. The Bertz CT molecular complexity index is 573. The Morgan fingerprint density at radius 2 is 1.76 bits per heavy atom. The zero-order valence-electron chi connectivity index (χ0n) is 11.7. The average Bonchev–Trinajstić information content (AvgIpc) is 2.50. The fourth-order valence-electron chi connectivity index (χ4n) is 1.79. The van der Waals surface area contributed by atoms with Gasteiger partial charge in [-0.15, -0.1) is 0 Å². The third-order valence-electron chi connectivity index (χ3n) is 2.93. The largest absolute Gasteiger partial charge is 0.491 e. The Morgan fingerprint density at radius 1 is 1.00 bits per heavy atom. The van der Waals surface area contributed by atoms with Gasteiger partial charge in [-0.05, 0) is 35.9 Å². The average molecular weight is 326 g/mol. The molecule has 5 heteroatoms. The van der Waals surface area contributed by atoms with E-state index in [9.17, 15) is 0 Å². The van der Waals surface area contributed by atoms with Crippen molar-refractivity contribution in [3.63, 3.8) is 0 Å². The number of methoxy groups -OCH3 is 1. The number of halogens is 2. The van der Waals surface area contributed by atoms with Gasteiger partial charge in [-0.25, -0.2) is 0 Å². The lowest BCUT2D eigenvalue weighted by Crippen LogP contribution is -2.04. The fraction of sp³-hybridized carbons (Fsp3) is 0.250. The first kappa shape index (κ1) is 16.0. The van der Waals surface area contributed by atoms with Gasteiger partial charge in [0.05, 0.1) is 16.7 Å². The Morgan fingerprint density at radius 3 is 2.48 bits per heavy atom. The van der Waals surface area contributed by atoms with Crippen molar-refractivity contribution in [3.8, 4) is 5.75 Å². The molecule has 3 nitrogen and oxygen atoms in total. The summed E-state index contributed by atoms with van der Waals surface area (Å²) in [6.45, 7) is 1.73. The maximum Gasteiger partial charge on any atom is 0.119 e. The van der Waals surface area contributed by atoms with Gasteiger partial charge in [0.2, 0.25) is 0 Å². The van der Waals surface area contributed by atoms with Crippen LogP contribution in [0.2, 0.25) is 10.0 Å². The summed E-state index contributed by atoms with van der Waals surface area (Å²) in [6.07, 6.45) is 0. The highest BCUT2D eigenvalue weighted by atomic mass is 35.5. The quantitative estimate of drug-likeness (QED) is 0.753. The van der Waals surface area contributed by atoms with Crippen LogP contribution in [0.3, 0.4) is 0 Å². The molecule has 0 saturated heterocycles. The summed E-state index contributed by atoms with van der Waals surface area (Å²) >= 11 is 12.1. The second kappa shape index (κ2) is 8.13. The van der Waals surface area contributed by atoms with Gasteiger partial charge in [0.1, 0.15) is 12.4 Å². The molecule has 0 unspecified atom stereocenters. The van der Waals surface area contributed by atoms with Gasteiger partial charge in [-0.1, -0.05) is 35.3 Å². The zero-order valence-corrected chi connectivity index (χ0v) is 13.2. The lowest BCUT2D eigenvalue weighted by Gasteiger charge is -2.10. The molecule has 0 heterocycles. The topological polar surface area (TPSA) is 30.5 Å². The molecule has 1 N–H and O–H groups in total. The van der Waals surface area contributed by atoms with Gasteiger partial charge < -0.3 is 14.8 Å². The molecule has 0 aliphatic carbocycles. The summed E-state index contributed by atoms with van der Waals surface area (Å²) in [6, 6.07) is 13.4. The molecule has 0 bridgehead atoms. The normalized spacial score (nSPS) is 10.4. The highest BCUT2D eigenvalue weighted by molar-refractivity contribution is 6.42.